The molecule has 0 spiro atoms. The lowest BCUT2D eigenvalue weighted by atomic mass is 9.82. The van der Waals surface area contributed by atoms with Crippen LogP contribution in [-0.4, -0.2) is 12.6 Å². The fraction of sp³-hybridized carbons (Fsp3) is 0.700. The Labute approximate surface area is 132 Å². The second-order valence-corrected chi connectivity index (χ2v) is 7.33. The van der Waals surface area contributed by atoms with Gasteiger partial charge in [-0.3, -0.25) is 0 Å². The molecule has 0 atom stereocenters. The summed E-state index contributed by atoms with van der Waals surface area (Å²) in [6.45, 7) is 14.9. The van der Waals surface area contributed by atoms with Crippen LogP contribution in [0.5, 0.6) is 0 Å². The Morgan fingerprint density at radius 3 is 2.29 bits per heavy atom. The smallest absolute Gasteiger partial charge is 0.00103 e. The third-order valence-corrected chi connectivity index (χ3v) is 4.49. The summed E-state index contributed by atoms with van der Waals surface area (Å²) >= 11 is 0. The molecule has 1 rings (SSSR count). The third-order valence-electron chi connectivity index (χ3n) is 4.49. The normalized spacial score (nSPS) is 12.1. The first kappa shape index (κ1) is 18.2. The number of benzene rings is 1. The molecule has 0 aliphatic rings. The molecular formula is C20H35N. The number of hydrogen-bond acceptors (Lipinski definition) is 1. The zero-order chi connectivity index (χ0) is 15.9. The molecule has 0 amide bonds. The van der Waals surface area contributed by atoms with Gasteiger partial charge < -0.3 is 5.32 Å². The summed E-state index contributed by atoms with van der Waals surface area (Å²) in [5.74, 6) is 0. The summed E-state index contributed by atoms with van der Waals surface area (Å²) in [7, 11) is 0. The van der Waals surface area contributed by atoms with E-state index < -0.39 is 0 Å². The van der Waals surface area contributed by atoms with Crippen LogP contribution in [0.2, 0.25) is 0 Å². The molecule has 0 saturated heterocycles. The fourth-order valence-electron chi connectivity index (χ4n) is 2.77. The molecule has 1 N–H and O–H groups in total. The average molecular weight is 290 g/mol. The van der Waals surface area contributed by atoms with E-state index in [1.54, 1.807) is 5.56 Å². The van der Waals surface area contributed by atoms with Gasteiger partial charge in [-0.05, 0) is 60.8 Å². The zero-order valence-electron chi connectivity index (χ0n) is 15.1. The molecule has 0 aromatic heterocycles. The maximum atomic E-state index is 3.54. The lowest BCUT2D eigenvalue weighted by Gasteiger charge is -2.26. The highest BCUT2D eigenvalue weighted by Gasteiger charge is 2.18. The van der Waals surface area contributed by atoms with E-state index in [0.717, 1.165) is 19.4 Å². The van der Waals surface area contributed by atoms with E-state index in [-0.39, 0.29) is 0 Å². The number of rotatable bonds is 9. The topological polar surface area (TPSA) is 12.0 Å². The van der Waals surface area contributed by atoms with Gasteiger partial charge in [0.1, 0.15) is 0 Å². The van der Waals surface area contributed by atoms with Gasteiger partial charge in [0.25, 0.3) is 0 Å². The first-order valence-corrected chi connectivity index (χ1v) is 8.72. The van der Waals surface area contributed by atoms with Crippen LogP contribution in [0.1, 0.15) is 71.1 Å². The molecule has 1 nitrogen and oxygen atoms in total. The van der Waals surface area contributed by atoms with Crippen LogP contribution in [0.4, 0.5) is 0 Å². The SMILES string of the molecule is CCc1ccc(CC)c(CCC(C)(C)CCNC(C)C)c1. The van der Waals surface area contributed by atoms with Gasteiger partial charge in [-0.1, -0.05) is 59.7 Å². The maximum Gasteiger partial charge on any atom is 0.00103 e. The monoisotopic (exact) mass is 289 g/mol. The van der Waals surface area contributed by atoms with Crippen molar-refractivity contribution in [3.8, 4) is 0 Å². The summed E-state index contributed by atoms with van der Waals surface area (Å²) in [5, 5.41) is 3.54. The van der Waals surface area contributed by atoms with E-state index in [1.807, 2.05) is 0 Å². The van der Waals surface area contributed by atoms with Gasteiger partial charge in [-0.15, -0.1) is 0 Å². The lowest BCUT2D eigenvalue weighted by Crippen LogP contribution is -2.28. The Kier molecular flexibility index (Phi) is 7.45. The minimum absolute atomic E-state index is 0.412. The molecule has 0 saturated carbocycles. The van der Waals surface area contributed by atoms with Crippen molar-refractivity contribution < 1.29 is 0 Å². The molecule has 0 bridgehead atoms. The summed E-state index contributed by atoms with van der Waals surface area (Å²) in [5.41, 5.74) is 4.99. The Morgan fingerprint density at radius 2 is 1.71 bits per heavy atom. The first-order chi connectivity index (χ1) is 9.88. The second kappa shape index (κ2) is 8.58. The number of aryl methyl sites for hydroxylation is 3. The van der Waals surface area contributed by atoms with Gasteiger partial charge in [0.15, 0.2) is 0 Å². The van der Waals surface area contributed by atoms with Crippen molar-refractivity contribution in [3.63, 3.8) is 0 Å². The molecule has 0 aliphatic carbocycles. The van der Waals surface area contributed by atoms with Crippen LogP contribution in [-0.2, 0) is 19.3 Å². The van der Waals surface area contributed by atoms with Crippen molar-refractivity contribution in [1.82, 2.24) is 5.32 Å². The molecule has 120 valence electrons. The Bertz CT molecular complexity index is 418. The van der Waals surface area contributed by atoms with E-state index in [9.17, 15) is 0 Å². The number of nitrogens with one attached hydrogen (secondary N) is 1. The van der Waals surface area contributed by atoms with Crippen LogP contribution in [0.25, 0.3) is 0 Å². The molecule has 21 heavy (non-hydrogen) atoms. The molecule has 1 heteroatoms. The van der Waals surface area contributed by atoms with Gasteiger partial charge in [0.2, 0.25) is 0 Å². The van der Waals surface area contributed by atoms with Crippen molar-refractivity contribution in [3.05, 3.63) is 34.9 Å². The zero-order valence-corrected chi connectivity index (χ0v) is 15.1. The Balaban J connectivity index is 2.60. The predicted molar refractivity (Wildman–Crippen MR) is 95.1 cm³/mol. The Morgan fingerprint density at radius 1 is 1.00 bits per heavy atom. The minimum Gasteiger partial charge on any atom is -0.315 e. The summed E-state index contributed by atoms with van der Waals surface area (Å²) < 4.78 is 0. The van der Waals surface area contributed by atoms with Gasteiger partial charge in [-0.2, -0.15) is 0 Å². The van der Waals surface area contributed by atoms with Gasteiger partial charge in [0, 0.05) is 6.04 Å². The summed E-state index contributed by atoms with van der Waals surface area (Å²) in [6.07, 6.45) is 6.02. The van der Waals surface area contributed by atoms with Crippen LogP contribution in [0, 0.1) is 5.41 Å². The minimum atomic E-state index is 0.412. The second-order valence-electron chi connectivity index (χ2n) is 7.33. The van der Waals surface area contributed by atoms with E-state index in [4.69, 9.17) is 0 Å². The van der Waals surface area contributed by atoms with Crippen molar-refractivity contribution in [2.24, 2.45) is 5.41 Å². The van der Waals surface area contributed by atoms with Crippen LogP contribution < -0.4 is 5.32 Å². The Hall–Kier alpha value is -0.820. The van der Waals surface area contributed by atoms with E-state index >= 15 is 0 Å². The largest absolute Gasteiger partial charge is 0.315 e. The van der Waals surface area contributed by atoms with Crippen LogP contribution in [0.3, 0.4) is 0 Å². The molecule has 0 aliphatic heterocycles. The van der Waals surface area contributed by atoms with Crippen LogP contribution in [0.15, 0.2) is 18.2 Å². The van der Waals surface area contributed by atoms with E-state index in [2.05, 4.69) is 65.1 Å². The molecular weight excluding hydrogens is 254 g/mol. The van der Waals surface area contributed by atoms with Crippen molar-refractivity contribution in [2.45, 2.75) is 79.7 Å². The van der Waals surface area contributed by atoms with E-state index in [1.165, 1.54) is 30.4 Å². The molecule has 1 aromatic rings. The van der Waals surface area contributed by atoms with Gasteiger partial charge >= 0.3 is 0 Å². The lowest BCUT2D eigenvalue weighted by molar-refractivity contribution is 0.298. The summed E-state index contributed by atoms with van der Waals surface area (Å²) in [6, 6.07) is 7.65. The highest BCUT2D eigenvalue weighted by molar-refractivity contribution is 5.32. The highest BCUT2D eigenvalue weighted by Crippen LogP contribution is 2.28. The quantitative estimate of drug-likeness (QED) is 0.662. The maximum absolute atomic E-state index is 3.54. The van der Waals surface area contributed by atoms with Crippen molar-refractivity contribution in [2.75, 3.05) is 6.54 Å². The van der Waals surface area contributed by atoms with Crippen LogP contribution >= 0.6 is 0 Å². The van der Waals surface area contributed by atoms with Gasteiger partial charge in [0.05, 0.1) is 0 Å². The van der Waals surface area contributed by atoms with Crippen molar-refractivity contribution in [1.29, 1.82) is 0 Å². The summed E-state index contributed by atoms with van der Waals surface area (Å²) in [4.78, 5) is 0. The average Bonchev–Trinajstić information content (AvgIpc) is 2.44. The molecule has 0 heterocycles. The molecule has 0 unspecified atom stereocenters. The van der Waals surface area contributed by atoms with Crippen molar-refractivity contribution >= 4 is 0 Å². The first-order valence-electron chi connectivity index (χ1n) is 8.72. The third kappa shape index (κ3) is 6.65. The van der Waals surface area contributed by atoms with E-state index in [0.29, 0.717) is 11.5 Å². The molecule has 0 radical (unpaired) electrons. The van der Waals surface area contributed by atoms with Gasteiger partial charge in [-0.25, -0.2) is 0 Å². The predicted octanol–water partition coefficient (Wildman–Crippen LogP) is 5.16. The fourth-order valence-corrected chi connectivity index (χ4v) is 2.77. The highest BCUT2D eigenvalue weighted by atomic mass is 14.9. The standard InChI is InChI=1S/C20H35N/c1-7-17-9-10-18(8-2)19(15-17)11-12-20(5,6)13-14-21-16(3)4/h9-10,15-16,21H,7-8,11-14H2,1-6H3. The number of hydrogen-bond donors (Lipinski definition) is 1. The molecule has 0 fully saturated rings. The molecule has 1 aromatic carbocycles.